The molecule has 0 spiro atoms. The van der Waals surface area contributed by atoms with Crippen LogP contribution in [0.15, 0.2) is 0 Å². The molecule has 2 saturated heterocycles. The molecular formula is C26H49NaO13S. The van der Waals surface area contributed by atoms with Crippen LogP contribution < -0.4 is 29.6 Å². The Labute approximate surface area is 266 Å². The molecule has 0 unspecified atom stereocenters. The van der Waals surface area contributed by atoms with Gasteiger partial charge in [0, 0.05) is 6.61 Å². The number of rotatable bonds is 21. The second kappa shape index (κ2) is 21.3. The maximum Gasteiger partial charge on any atom is 1.00 e. The molecule has 41 heavy (non-hydrogen) atoms. The summed E-state index contributed by atoms with van der Waals surface area (Å²) in [6.45, 7) is 1.56. The van der Waals surface area contributed by atoms with Crippen molar-refractivity contribution >= 4 is 10.4 Å². The Bertz CT molecular complexity index is 776. The molecule has 0 aromatic rings. The number of aliphatic hydroxyl groups is 5. The second-order valence-electron chi connectivity index (χ2n) is 10.7. The van der Waals surface area contributed by atoms with E-state index in [0.29, 0.717) is 6.61 Å². The van der Waals surface area contributed by atoms with Crippen LogP contribution in [-0.2, 0) is 33.5 Å². The van der Waals surface area contributed by atoms with Crippen molar-refractivity contribution in [2.24, 2.45) is 0 Å². The Morgan fingerprint density at radius 2 is 1.46 bits per heavy atom. The number of aliphatic hydroxyl groups excluding tert-OH is 5. The smallest absolute Gasteiger partial charge is 0.726 e. The molecular weight excluding hydrogens is 575 g/mol. The van der Waals surface area contributed by atoms with Gasteiger partial charge in [-0.3, -0.25) is 4.18 Å². The fourth-order valence-electron chi connectivity index (χ4n) is 5.03. The third-order valence-corrected chi connectivity index (χ3v) is 7.77. The molecule has 2 fully saturated rings. The van der Waals surface area contributed by atoms with Gasteiger partial charge in [0.25, 0.3) is 0 Å². The van der Waals surface area contributed by atoms with Crippen LogP contribution in [0.3, 0.4) is 0 Å². The first-order valence-corrected chi connectivity index (χ1v) is 15.9. The molecule has 2 heterocycles. The zero-order valence-electron chi connectivity index (χ0n) is 24.4. The summed E-state index contributed by atoms with van der Waals surface area (Å²) in [6, 6.07) is 0. The first-order valence-electron chi connectivity index (χ1n) is 14.6. The molecule has 13 nitrogen and oxygen atoms in total. The van der Waals surface area contributed by atoms with Gasteiger partial charge in [-0.2, -0.15) is 0 Å². The van der Waals surface area contributed by atoms with E-state index in [1.165, 1.54) is 57.8 Å². The van der Waals surface area contributed by atoms with E-state index >= 15 is 0 Å². The van der Waals surface area contributed by atoms with E-state index in [9.17, 15) is 38.5 Å². The van der Waals surface area contributed by atoms with Crippen molar-refractivity contribution in [2.45, 2.75) is 139 Å². The molecule has 0 bridgehead atoms. The number of hydrogen-bond donors (Lipinski definition) is 5. The Morgan fingerprint density at radius 1 is 0.902 bits per heavy atom. The third-order valence-electron chi connectivity index (χ3n) is 7.31. The van der Waals surface area contributed by atoms with E-state index in [1.807, 2.05) is 0 Å². The van der Waals surface area contributed by atoms with E-state index in [-0.39, 0.29) is 42.8 Å². The SMILES string of the molecule is CCCCCCCCCCCCCCOC[C@H](O)[C@H]1OC[C@@H](O)[C@@H]1O[C@@H]1O[C@H](CO)[C@H](O)[C@H](OS(=O)(=O)[O-])[C@H]1O.[Na+]. The Morgan fingerprint density at radius 3 is 2.00 bits per heavy atom. The van der Waals surface area contributed by atoms with Gasteiger partial charge in [-0.05, 0) is 6.42 Å². The van der Waals surface area contributed by atoms with Gasteiger partial charge in [-0.15, -0.1) is 0 Å². The topological polar surface area (TPSA) is 204 Å². The van der Waals surface area contributed by atoms with Crippen molar-refractivity contribution in [2.75, 3.05) is 26.4 Å². The molecule has 5 N–H and O–H groups in total. The van der Waals surface area contributed by atoms with Crippen LogP contribution in [-0.4, -0.2) is 120 Å². The van der Waals surface area contributed by atoms with Crippen molar-refractivity contribution in [3.8, 4) is 0 Å². The molecule has 9 atom stereocenters. The van der Waals surface area contributed by atoms with Gasteiger partial charge in [0.05, 0.1) is 19.8 Å². The summed E-state index contributed by atoms with van der Waals surface area (Å²) < 4.78 is 59.3. The average Bonchev–Trinajstić information content (AvgIpc) is 3.27. The quantitative estimate of drug-likeness (QED) is 0.0388. The summed E-state index contributed by atoms with van der Waals surface area (Å²) in [4.78, 5) is 0. The predicted molar refractivity (Wildman–Crippen MR) is 141 cm³/mol. The van der Waals surface area contributed by atoms with Crippen molar-refractivity contribution < 1.29 is 91.2 Å². The number of unbranched alkanes of at least 4 members (excludes halogenated alkanes) is 11. The minimum atomic E-state index is -5.33. The monoisotopic (exact) mass is 624 g/mol. The summed E-state index contributed by atoms with van der Waals surface area (Å²) in [5.41, 5.74) is 0. The predicted octanol–water partition coefficient (Wildman–Crippen LogP) is -2.50. The minimum Gasteiger partial charge on any atom is -0.726 e. The molecule has 2 aliphatic rings. The molecule has 0 aliphatic carbocycles. The van der Waals surface area contributed by atoms with Crippen LogP contribution in [0.4, 0.5) is 0 Å². The molecule has 0 amide bonds. The zero-order chi connectivity index (χ0) is 29.5. The van der Waals surface area contributed by atoms with E-state index in [2.05, 4.69) is 11.1 Å². The summed E-state index contributed by atoms with van der Waals surface area (Å²) in [5, 5.41) is 51.0. The minimum absolute atomic E-state index is 0. The average molecular weight is 625 g/mol. The normalized spacial score (nSPS) is 31.2. The van der Waals surface area contributed by atoms with Gasteiger partial charge in [0.2, 0.25) is 10.4 Å². The molecule has 2 rings (SSSR count). The maximum absolute atomic E-state index is 11.1. The summed E-state index contributed by atoms with van der Waals surface area (Å²) in [5.74, 6) is 0. The van der Waals surface area contributed by atoms with Crippen LogP contribution in [0.1, 0.15) is 84.0 Å². The zero-order valence-corrected chi connectivity index (χ0v) is 27.2. The number of ether oxygens (including phenoxy) is 4. The fourth-order valence-corrected chi connectivity index (χ4v) is 5.53. The van der Waals surface area contributed by atoms with E-state index in [0.717, 1.165) is 19.3 Å². The molecule has 0 saturated carbocycles. The standard InChI is InChI=1S/C26H50O13S.Na/c1-2-3-4-5-6-7-8-9-10-11-12-13-14-35-16-18(28)23-24(19(29)17-36-23)38-26-22(31)25(39-40(32,33)34)21(30)20(15-27)37-26;/h18-31H,2-17H2,1H3,(H,32,33,34);/q;+1/p-1/t18-,19+,20+,21-,22+,23+,24-,25-,26-;/m0./s1. The van der Waals surface area contributed by atoms with Gasteiger partial charge in [0.15, 0.2) is 6.29 Å². The molecule has 15 heteroatoms. The van der Waals surface area contributed by atoms with Crippen molar-refractivity contribution in [3.63, 3.8) is 0 Å². The van der Waals surface area contributed by atoms with Gasteiger partial charge >= 0.3 is 29.6 Å². The maximum atomic E-state index is 11.1. The Hall–Kier alpha value is 0.510. The van der Waals surface area contributed by atoms with Gasteiger partial charge in [0.1, 0.15) is 48.8 Å². The van der Waals surface area contributed by atoms with Crippen LogP contribution in [0.5, 0.6) is 0 Å². The van der Waals surface area contributed by atoms with E-state index in [1.54, 1.807) is 0 Å². The van der Waals surface area contributed by atoms with Gasteiger partial charge < -0.3 is 49.0 Å². The second-order valence-corrected chi connectivity index (χ2v) is 11.7. The Kier molecular flexibility index (Phi) is 20.5. The summed E-state index contributed by atoms with van der Waals surface area (Å²) >= 11 is 0. The largest absolute Gasteiger partial charge is 1.00 e. The van der Waals surface area contributed by atoms with Crippen molar-refractivity contribution in [1.29, 1.82) is 0 Å². The van der Waals surface area contributed by atoms with Crippen LogP contribution in [0, 0.1) is 0 Å². The first-order chi connectivity index (χ1) is 19.1. The van der Waals surface area contributed by atoms with E-state index < -0.39 is 72.1 Å². The molecule has 0 radical (unpaired) electrons. The third kappa shape index (κ3) is 14.4. The molecule has 0 aromatic heterocycles. The van der Waals surface area contributed by atoms with Crippen LogP contribution in [0.25, 0.3) is 0 Å². The van der Waals surface area contributed by atoms with Crippen LogP contribution in [0.2, 0.25) is 0 Å². The summed E-state index contributed by atoms with van der Waals surface area (Å²) in [7, 11) is -5.33. The molecule has 238 valence electrons. The van der Waals surface area contributed by atoms with Gasteiger partial charge in [-0.25, -0.2) is 8.42 Å². The number of hydrogen-bond acceptors (Lipinski definition) is 13. The summed E-state index contributed by atoms with van der Waals surface area (Å²) in [6.07, 6.45) is 0.872. The van der Waals surface area contributed by atoms with E-state index in [4.69, 9.17) is 18.9 Å². The van der Waals surface area contributed by atoms with Gasteiger partial charge in [-0.1, -0.05) is 77.6 Å². The van der Waals surface area contributed by atoms with Crippen LogP contribution >= 0.6 is 0 Å². The van der Waals surface area contributed by atoms with Crippen molar-refractivity contribution in [1.82, 2.24) is 0 Å². The Balaban J connectivity index is 0.00000840. The molecule has 0 aromatic carbocycles. The van der Waals surface area contributed by atoms with Crippen molar-refractivity contribution in [3.05, 3.63) is 0 Å². The fraction of sp³-hybridized carbons (Fsp3) is 1.00. The molecule has 2 aliphatic heterocycles. The first kappa shape index (κ1) is 39.5.